The minimum Gasteiger partial charge on any atom is -0.491 e. The Balaban J connectivity index is 1.42. The van der Waals surface area contributed by atoms with Gasteiger partial charge in [0.2, 0.25) is 0 Å². The van der Waals surface area contributed by atoms with Crippen LogP contribution in [0.2, 0.25) is 0 Å². The van der Waals surface area contributed by atoms with Crippen molar-refractivity contribution in [1.29, 1.82) is 0 Å². The highest BCUT2D eigenvalue weighted by molar-refractivity contribution is 5.28. The summed E-state index contributed by atoms with van der Waals surface area (Å²) in [6.45, 7) is 3.77. The Kier molecular flexibility index (Phi) is 7.94. The minimum atomic E-state index is -0.468. The van der Waals surface area contributed by atoms with E-state index in [4.69, 9.17) is 4.74 Å². The van der Waals surface area contributed by atoms with E-state index in [0.29, 0.717) is 19.2 Å². The molecule has 2 aliphatic rings. The Labute approximate surface area is 163 Å². The van der Waals surface area contributed by atoms with Crippen molar-refractivity contribution in [2.24, 2.45) is 0 Å². The van der Waals surface area contributed by atoms with Crippen molar-refractivity contribution in [3.63, 3.8) is 0 Å². The number of likely N-dealkylation sites (tertiary alicyclic amines) is 1. The van der Waals surface area contributed by atoms with Crippen LogP contribution >= 0.6 is 0 Å². The summed E-state index contributed by atoms with van der Waals surface area (Å²) in [5.74, 6) is 0.823. The lowest BCUT2D eigenvalue weighted by atomic mass is 9.94. The molecule has 0 bridgehead atoms. The molecule has 0 amide bonds. The fourth-order valence-corrected chi connectivity index (χ4v) is 4.32. The molecule has 27 heavy (non-hydrogen) atoms. The number of aliphatic hydroxyl groups is 2. The molecule has 0 radical (unpaired) electrons. The molecular weight excluding hydrogens is 340 g/mol. The van der Waals surface area contributed by atoms with Gasteiger partial charge in [0.25, 0.3) is 0 Å². The lowest BCUT2D eigenvalue weighted by Crippen LogP contribution is -2.40. The highest BCUT2D eigenvalue weighted by Crippen LogP contribution is 2.22. The fraction of sp³-hybridized carbons (Fsp3) is 0.727. The van der Waals surface area contributed by atoms with E-state index in [1.807, 2.05) is 12.1 Å². The summed E-state index contributed by atoms with van der Waals surface area (Å²) in [7, 11) is 2.12. The molecule has 1 aliphatic heterocycles. The first-order chi connectivity index (χ1) is 13.1. The quantitative estimate of drug-likeness (QED) is 0.731. The molecule has 5 nitrogen and oxygen atoms in total. The van der Waals surface area contributed by atoms with Crippen LogP contribution in [0.5, 0.6) is 5.75 Å². The molecule has 1 aromatic carbocycles. The maximum atomic E-state index is 10.4. The summed E-state index contributed by atoms with van der Waals surface area (Å²) in [6, 6.07) is 8.78. The lowest BCUT2D eigenvalue weighted by Gasteiger charge is -2.32. The maximum absolute atomic E-state index is 10.4. The molecule has 2 fully saturated rings. The van der Waals surface area contributed by atoms with Gasteiger partial charge < -0.3 is 19.8 Å². The van der Waals surface area contributed by atoms with Crippen molar-refractivity contribution in [3.05, 3.63) is 29.8 Å². The first kappa shape index (κ1) is 20.6. The van der Waals surface area contributed by atoms with Crippen molar-refractivity contribution in [2.45, 2.75) is 69.7 Å². The lowest BCUT2D eigenvalue weighted by molar-refractivity contribution is 0.0560. The fourth-order valence-electron chi connectivity index (χ4n) is 4.32. The van der Waals surface area contributed by atoms with Crippen LogP contribution in [-0.2, 0) is 6.54 Å². The minimum absolute atomic E-state index is 0.135. The predicted octanol–water partition coefficient (Wildman–Crippen LogP) is 2.65. The van der Waals surface area contributed by atoms with Gasteiger partial charge in [0, 0.05) is 32.2 Å². The molecule has 1 saturated carbocycles. The van der Waals surface area contributed by atoms with E-state index < -0.39 is 6.10 Å². The SMILES string of the molecule is CN(CC(O)COc1cccc(CN2CCC(O)CC2)c1)C1CCCCC1. The number of aliphatic hydroxyl groups excluding tert-OH is 2. The standard InChI is InChI=1S/C22H36N2O3/c1-23(19-7-3-2-4-8-19)16-21(26)17-27-22-9-5-6-18(14-22)15-24-12-10-20(25)11-13-24/h5-6,9,14,19-21,25-26H,2-4,7-8,10-13,15-17H2,1H3. The van der Waals surface area contributed by atoms with E-state index in [0.717, 1.165) is 38.2 Å². The molecule has 1 unspecified atom stereocenters. The van der Waals surface area contributed by atoms with Crippen molar-refractivity contribution in [2.75, 3.05) is 33.3 Å². The van der Waals surface area contributed by atoms with Gasteiger partial charge in [-0.2, -0.15) is 0 Å². The van der Waals surface area contributed by atoms with E-state index in [1.54, 1.807) is 0 Å². The second kappa shape index (κ2) is 10.4. The Morgan fingerprint density at radius 2 is 1.89 bits per heavy atom. The molecule has 1 atom stereocenters. The molecule has 1 aromatic rings. The van der Waals surface area contributed by atoms with Crippen LogP contribution in [0.25, 0.3) is 0 Å². The van der Waals surface area contributed by atoms with Crippen LogP contribution in [0.4, 0.5) is 0 Å². The normalized spacial score (nSPS) is 21.5. The van der Waals surface area contributed by atoms with E-state index in [1.165, 1.54) is 37.7 Å². The van der Waals surface area contributed by atoms with E-state index in [2.05, 4.69) is 29.0 Å². The number of benzene rings is 1. The predicted molar refractivity (Wildman–Crippen MR) is 108 cm³/mol. The van der Waals surface area contributed by atoms with Gasteiger partial charge in [0.15, 0.2) is 0 Å². The smallest absolute Gasteiger partial charge is 0.119 e. The third kappa shape index (κ3) is 6.75. The monoisotopic (exact) mass is 376 g/mol. The van der Waals surface area contributed by atoms with Crippen LogP contribution in [0, 0.1) is 0 Å². The zero-order chi connectivity index (χ0) is 19.1. The van der Waals surface area contributed by atoms with Crippen LogP contribution in [0.15, 0.2) is 24.3 Å². The zero-order valence-electron chi connectivity index (χ0n) is 16.7. The van der Waals surface area contributed by atoms with Gasteiger partial charge in [-0.25, -0.2) is 0 Å². The molecule has 1 aliphatic carbocycles. The Hall–Kier alpha value is -1.14. The summed E-state index contributed by atoms with van der Waals surface area (Å²) >= 11 is 0. The molecule has 1 saturated heterocycles. The highest BCUT2D eigenvalue weighted by atomic mass is 16.5. The number of likely N-dealkylation sites (N-methyl/N-ethyl adjacent to an activating group) is 1. The Morgan fingerprint density at radius 1 is 1.15 bits per heavy atom. The first-order valence-electron chi connectivity index (χ1n) is 10.6. The van der Waals surface area contributed by atoms with Crippen molar-refractivity contribution < 1.29 is 14.9 Å². The Bertz CT molecular complexity index is 554. The van der Waals surface area contributed by atoms with Crippen LogP contribution in [0.3, 0.4) is 0 Å². The molecule has 5 heteroatoms. The summed E-state index contributed by atoms with van der Waals surface area (Å²) < 4.78 is 5.87. The number of nitrogens with zero attached hydrogens (tertiary/aromatic N) is 2. The molecule has 0 spiro atoms. The number of ether oxygens (including phenoxy) is 1. The Morgan fingerprint density at radius 3 is 2.63 bits per heavy atom. The summed E-state index contributed by atoms with van der Waals surface area (Å²) in [5.41, 5.74) is 1.22. The average Bonchev–Trinajstić information content (AvgIpc) is 2.69. The second-order valence-corrected chi connectivity index (χ2v) is 8.35. The van der Waals surface area contributed by atoms with Gasteiger partial charge >= 0.3 is 0 Å². The maximum Gasteiger partial charge on any atom is 0.119 e. The summed E-state index contributed by atoms with van der Waals surface area (Å²) in [4.78, 5) is 4.67. The number of rotatable bonds is 8. The third-order valence-electron chi connectivity index (χ3n) is 6.00. The van der Waals surface area contributed by atoms with Crippen LogP contribution in [-0.4, -0.2) is 71.6 Å². The largest absolute Gasteiger partial charge is 0.491 e. The van der Waals surface area contributed by atoms with Gasteiger partial charge in [0.1, 0.15) is 18.5 Å². The van der Waals surface area contributed by atoms with Gasteiger partial charge in [-0.05, 0) is 50.4 Å². The number of piperidine rings is 1. The van der Waals surface area contributed by atoms with Crippen molar-refractivity contribution >= 4 is 0 Å². The number of hydrogen-bond donors (Lipinski definition) is 2. The summed E-state index contributed by atoms with van der Waals surface area (Å²) in [6.07, 6.45) is 7.58. The van der Waals surface area contributed by atoms with Crippen molar-refractivity contribution in [3.8, 4) is 5.75 Å². The molecular formula is C22H36N2O3. The van der Waals surface area contributed by atoms with Crippen LogP contribution < -0.4 is 4.74 Å². The first-order valence-corrected chi connectivity index (χ1v) is 10.6. The van der Waals surface area contributed by atoms with Gasteiger partial charge in [-0.3, -0.25) is 4.90 Å². The van der Waals surface area contributed by atoms with Gasteiger partial charge in [-0.15, -0.1) is 0 Å². The van der Waals surface area contributed by atoms with E-state index in [9.17, 15) is 10.2 Å². The van der Waals surface area contributed by atoms with Crippen LogP contribution in [0.1, 0.15) is 50.5 Å². The van der Waals surface area contributed by atoms with E-state index >= 15 is 0 Å². The van der Waals surface area contributed by atoms with E-state index in [-0.39, 0.29) is 6.10 Å². The van der Waals surface area contributed by atoms with Crippen molar-refractivity contribution in [1.82, 2.24) is 9.80 Å². The van der Waals surface area contributed by atoms with Gasteiger partial charge in [0.05, 0.1) is 6.10 Å². The summed E-state index contributed by atoms with van der Waals surface area (Å²) in [5, 5.41) is 20.0. The van der Waals surface area contributed by atoms with Gasteiger partial charge in [-0.1, -0.05) is 31.4 Å². The average molecular weight is 377 g/mol. The highest BCUT2D eigenvalue weighted by Gasteiger charge is 2.20. The number of hydrogen-bond acceptors (Lipinski definition) is 5. The molecule has 3 rings (SSSR count). The topological polar surface area (TPSA) is 56.2 Å². The second-order valence-electron chi connectivity index (χ2n) is 8.35. The molecule has 2 N–H and O–H groups in total. The molecule has 0 aromatic heterocycles. The molecule has 1 heterocycles. The molecule has 152 valence electrons. The third-order valence-corrected chi connectivity index (χ3v) is 6.00. The zero-order valence-corrected chi connectivity index (χ0v) is 16.7.